The van der Waals surface area contributed by atoms with Gasteiger partial charge in [-0.2, -0.15) is 0 Å². The summed E-state index contributed by atoms with van der Waals surface area (Å²) in [6, 6.07) is 4.22. The molecular weight excluding hydrogens is 383 g/mol. The molecule has 3 rings (SSSR count). The zero-order valence-corrected chi connectivity index (χ0v) is 14.7. The summed E-state index contributed by atoms with van der Waals surface area (Å²) in [5.41, 5.74) is 0.722. The Morgan fingerprint density at radius 2 is 2.22 bits per heavy atom. The normalized spacial score (nSPS) is 10.8. The van der Waals surface area contributed by atoms with Crippen LogP contribution >= 0.6 is 27.3 Å². The molecule has 0 saturated heterocycles. The highest BCUT2D eigenvalue weighted by Crippen LogP contribution is 2.31. The minimum atomic E-state index is -0.580. The second kappa shape index (κ2) is 6.21. The molecule has 1 amide bonds. The Morgan fingerprint density at radius 1 is 1.43 bits per heavy atom. The minimum absolute atomic E-state index is 0.0363. The summed E-state index contributed by atoms with van der Waals surface area (Å²) in [4.78, 5) is 21.7. The van der Waals surface area contributed by atoms with Crippen molar-refractivity contribution in [2.45, 2.75) is 6.92 Å². The maximum Gasteiger partial charge on any atom is 0.260 e. The number of thiazole rings is 1. The summed E-state index contributed by atoms with van der Waals surface area (Å²) in [5, 5.41) is 3.05. The summed E-state index contributed by atoms with van der Waals surface area (Å²) < 4.78 is 16.3. The fourth-order valence-electron chi connectivity index (χ4n) is 2.08. The number of imidazole rings is 1. The number of carbonyl (C=O) groups excluding carboxylic acids is 1. The number of aryl methyl sites for hydroxylation is 2. The second-order valence-corrected chi connectivity index (χ2v) is 6.79. The highest BCUT2D eigenvalue weighted by Gasteiger charge is 2.17. The lowest BCUT2D eigenvalue weighted by Crippen LogP contribution is -2.13. The van der Waals surface area contributed by atoms with Crippen LogP contribution in [0, 0.1) is 12.7 Å². The highest BCUT2D eigenvalue weighted by molar-refractivity contribution is 9.10. The van der Waals surface area contributed by atoms with Crippen molar-refractivity contribution < 1.29 is 9.18 Å². The molecule has 0 aliphatic heterocycles. The topological polar surface area (TPSA) is 59.8 Å². The van der Waals surface area contributed by atoms with E-state index >= 15 is 0 Å². The number of benzene rings is 1. The lowest BCUT2D eigenvalue weighted by atomic mass is 10.2. The third kappa shape index (κ3) is 3.18. The third-order valence-corrected chi connectivity index (χ3v) is 4.78. The van der Waals surface area contributed by atoms with Gasteiger partial charge in [0, 0.05) is 23.9 Å². The van der Waals surface area contributed by atoms with Gasteiger partial charge in [-0.3, -0.25) is 10.1 Å². The maximum atomic E-state index is 13.8. The molecule has 0 unspecified atom stereocenters. The molecule has 0 bridgehead atoms. The van der Waals surface area contributed by atoms with Gasteiger partial charge < -0.3 is 4.57 Å². The summed E-state index contributed by atoms with van der Waals surface area (Å²) in [5.74, 6) is -0.346. The quantitative estimate of drug-likeness (QED) is 0.729. The molecule has 2 heterocycles. The average Bonchev–Trinajstić information content (AvgIpc) is 3.07. The van der Waals surface area contributed by atoms with Crippen LogP contribution in [0.1, 0.15) is 16.1 Å². The van der Waals surface area contributed by atoms with Crippen molar-refractivity contribution in [1.29, 1.82) is 0 Å². The number of anilines is 1. The van der Waals surface area contributed by atoms with Crippen LogP contribution in [0.15, 0.2) is 35.1 Å². The van der Waals surface area contributed by atoms with E-state index in [1.54, 1.807) is 12.3 Å². The minimum Gasteiger partial charge on any atom is -0.333 e. The number of rotatable bonds is 3. The van der Waals surface area contributed by atoms with Gasteiger partial charge in [0.05, 0.1) is 16.1 Å². The van der Waals surface area contributed by atoms with Crippen molar-refractivity contribution >= 4 is 38.3 Å². The number of nitrogens with one attached hydrogen (secondary N) is 1. The van der Waals surface area contributed by atoms with Gasteiger partial charge in [0.1, 0.15) is 5.82 Å². The Bertz CT molecular complexity index is 889. The zero-order valence-electron chi connectivity index (χ0n) is 12.3. The summed E-state index contributed by atoms with van der Waals surface area (Å²) in [7, 11) is 1.89. The number of nitrogens with zero attached hydrogens (tertiary/aromatic N) is 3. The smallest absolute Gasteiger partial charge is 0.260 e. The fraction of sp³-hybridized carbons (Fsp3) is 0.133. The van der Waals surface area contributed by atoms with Crippen molar-refractivity contribution in [3.8, 4) is 10.7 Å². The molecule has 0 aliphatic rings. The van der Waals surface area contributed by atoms with E-state index in [9.17, 15) is 9.18 Å². The van der Waals surface area contributed by atoms with Gasteiger partial charge in [0.2, 0.25) is 0 Å². The Labute approximate surface area is 144 Å². The van der Waals surface area contributed by atoms with Crippen LogP contribution in [-0.2, 0) is 7.05 Å². The number of hydrogen-bond donors (Lipinski definition) is 1. The molecule has 1 aromatic carbocycles. The lowest BCUT2D eigenvalue weighted by molar-refractivity contribution is 0.102. The van der Waals surface area contributed by atoms with Gasteiger partial charge in [-0.05, 0) is 25.1 Å². The molecule has 0 fully saturated rings. The van der Waals surface area contributed by atoms with E-state index in [0.717, 1.165) is 16.4 Å². The second-order valence-electron chi connectivity index (χ2n) is 4.87. The first kappa shape index (κ1) is 15.8. The summed E-state index contributed by atoms with van der Waals surface area (Å²) in [6.45, 7) is 1.84. The van der Waals surface area contributed by atoms with E-state index < -0.39 is 11.7 Å². The van der Waals surface area contributed by atoms with E-state index in [4.69, 9.17) is 0 Å². The monoisotopic (exact) mass is 394 g/mol. The van der Waals surface area contributed by atoms with Crippen LogP contribution in [0.4, 0.5) is 9.52 Å². The van der Waals surface area contributed by atoms with Crippen LogP contribution in [0.5, 0.6) is 0 Å². The van der Waals surface area contributed by atoms with Crippen molar-refractivity contribution in [3.05, 3.63) is 52.1 Å². The van der Waals surface area contributed by atoms with Crippen LogP contribution < -0.4 is 5.32 Å². The van der Waals surface area contributed by atoms with E-state index in [1.165, 1.54) is 23.5 Å². The molecule has 0 atom stereocenters. The van der Waals surface area contributed by atoms with Gasteiger partial charge >= 0.3 is 0 Å². The number of carbonyl (C=O) groups is 1. The van der Waals surface area contributed by atoms with Crippen LogP contribution in [0.25, 0.3) is 10.7 Å². The molecule has 118 valence electrons. The number of aromatic nitrogens is 3. The molecule has 0 spiro atoms. The third-order valence-electron chi connectivity index (χ3n) is 3.21. The molecule has 0 saturated carbocycles. The van der Waals surface area contributed by atoms with Crippen molar-refractivity contribution in [1.82, 2.24) is 14.5 Å². The largest absolute Gasteiger partial charge is 0.333 e. The van der Waals surface area contributed by atoms with Crippen molar-refractivity contribution in [3.63, 3.8) is 0 Å². The molecule has 2 aromatic heterocycles. The number of amides is 1. The van der Waals surface area contributed by atoms with Gasteiger partial charge in [-0.15, -0.1) is 0 Å². The molecular formula is C15H12BrFN4OS. The predicted molar refractivity (Wildman–Crippen MR) is 91.1 cm³/mol. The van der Waals surface area contributed by atoms with Crippen LogP contribution in [0.3, 0.4) is 0 Å². The molecule has 23 heavy (non-hydrogen) atoms. The van der Waals surface area contributed by atoms with E-state index in [-0.39, 0.29) is 5.56 Å². The van der Waals surface area contributed by atoms with Gasteiger partial charge in [0.15, 0.2) is 11.0 Å². The van der Waals surface area contributed by atoms with E-state index in [2.05, 4.69) is 31.2 Å². The van der Waals surface area contributed by atoms with Gasteiger partial charge in [-0.1, -0.05) is 27.3 Å². The number of hydrogen-bond acceptors (Lipinski definition) is 4. The predicted octanol–water partition coefficient (Wildman–Crippen LogP) is 4.01. The molecule has 0 radical (unpaired) electrons. The Hall–Kier alpha value is -2.06. The van der Waals surface area contributed by atoms with E-state index in [0.29, 0.717) is 9.60 Å². The summed E-state index contributed by atoms with van der Waals surface area (Å²) >= 11 is 4.53. The van der Waals surface area contributed by atoms with Crippen molar-refractivity contribution in [2.24, 2.45) is 7.05 Å². The first-order chi connectivity index (χ1) is 11.0. The Morgan fingerprint density at radius 3 is 2.91 bits per heavy atom. The molecule has 5 nitrogen and oxygen atoms in total. The van der Waals surface area contributed by atoms with Crippen molar-refractivity contribution in [2.75, 3.05) is 5.32 Å². The Balaban J connectivity index is 1.88. The summed E-state index contributed by atoms with van der Waals surface area (Å²) in [6.07, 6.45) is 3.53. The average molecular weight is 395 g/mol. The number of halogens is 2. The van der Waals surface area contributed by atoms with Gasteiger partial charge in [0.25, 0.3) is 5.91 Å². The van der Waals surface area contributed by atoms with Gasteiger partial charge in [-0.25, -0.2) is 14.4 Å². The molecule has 0 aliphatic carbocycles. The Kier molecular flexibility index (Phi) is 4.27. The molecule has 3 aromatic rings. The van der Waals surface area contributed by atoms with E-state index in [1.807, 2.05) is 24.7 Å². The molecule has 8 heteroatoms. The lowest BCUT2D eigenvalue weighted by Gasteiger charge is -2.03. The fourth-order valence-corrected chi connectivity index (χ4v) is 3.44. The zero-order chi connectivity index (χ0) is 16.6. The SMILES string of the molecule is Cc1nc(NC(=O)c2cc(Br)ccc2F)sc1-c1nccn1C. The first-order valence-corrected chi connectivity index (χ1v) is 8.28. The standard InChI is InChI=1S/C15H12BrFN4OS/c1-8-12(13-18-5-6-21(13)2)23-15(19-8)20-14(22)10-7-9(16)3-4-11(10)17/h3-7H,1-2H3,(H,19,20,22). The maximum absolute atomic E-state index is 13.8. The molecule has 1 N–H and O–H groups in total. The highest BCUT2D eigenvalue weighted by atomic mass is 79.9. The first-order valence-electron chi connectivity index (χ1n) is 6.67. The van der Waals surface area contributed by atoms with Crippen LogP contribution in [0.2, 0.25) is 0 Å². The van der Waals surface area contributed by atoms with Crippen LogP contribution in [-0.4, -0.2) is 20.4 Å².